The Morgan fingerprint density at radius 2 is 1.54 bits per heavy atom. The van der Waals surface area contributed by atoms with E-state index in [1.54, 1.807) is 0 Å². The van der Waals surface area contributed by atoms with Gasteiger partial charge in [-0.15, -0.1) is 0 Å². The van der Waals surface area contributed by atoms with Crippen molar-refractivity contribution in [3.05, 3.63) is 94.5 Å². The lowest BCUT2D eigenvalue weighted by Crippen LogP contribution is -2.22. The number of carbonyl (C=O) groups excluding carboxylic acids is 1. The van der Waals surface area contributed by atoms with Crippen LogP contribution in [0.3, 0.4) is 0 Å². The van der Waals surface area contributed by atoms with Gasteiger partial charge in [-0.1, -0.05) is 56.5 Å². The first-order chi connectivity index (χ1) is 17.0. The number of rotatable bonds is 13. The fourth-order valence-electron chi connectivity index (χ4n) is 4.00. The molecule has 3 rings (SSSR count). The molecule has 0 radical (unpaired) electrons. The van der Waals surface area contributed by atoms with Gasteiger partial charge in [0.15, 0.2) is 0 Å². The average molecular weight is 474 g/mol. The Morgan fingerprint density at radius 1 is 0.829 bits per heavy atom. The molecule has 186 valence electrons. The molecule has 35 heavy (non-hydrogen) atoms. The van der Waals surface area contributed by atoms with E-state index in [0.29, 0.717) is 18.7 Å². The molecule has 0 aliphatic rings. The molecule has 0 fully saturated rings. The molecule has 4 nitrogen and oxygen atoms in total. The van der Waals surface area contributed by atoms with Gasteiger partial charge >= 0.3 is 0 Å². The summed E-state index contributed by atoms with van der Waals surface area (Å²) in [5.74, 6) is 1.59. The standard InChI is InChI=1S/C31H39NO3/c1-5-7-8-9-10-30(26-13-15-27(16-14-26)31(33)32-6-2)35-29-19-17-28(18-20-29)34-22-25-12-11-23(3)24(4)21-25/h11-21,30H,5-10,22H2,1-4H3,(H,32,33). The number of hydrogen-bond donors (Lipinski definition) is 1. The molecule has 0 aromatic heterocycles. The van der Waals surface area contributed by atoms with Crippen LogP contribution in [0.2, 0.25) is 0 Å². The van der Waals surface area contributed by atoms with Crippen molar-refractivity contribution in [2.24, 2.45) is 0 Å². The molecule has 0 saturated carbocycles. The third-order valence-electron chi connectivity index (χ3n) is 6.28. The van der Waals surface area contributed by atoms with Crippen LogP contribution in [-0.2, 0) is 6.61 Å². The van der Waals surface area contributed by atoms with Gasteiger partial charge in [-0.2, -0.15) is 0 Å². The fourth-order valence-corrected chi connectivity index (χ4v) is 4.00. The van der Waals surface area contributed by atoms with E-state index >= 15 is 0 Å². The Hall–Kier alpha value is -3.27. The first-order valence-corrected chi connectivity index (χ1v) is 12.8. The summed E-state index contributed by atoms with van der Waals surface area (Å²) in [6.07, 6.45) is 5.61. The quantitative estimate of drug-likeness (QED) is 0.258. The van der Waals surface area contributed by atoms with Crippen molar-refractivity contribution in [3.8, 4) is 11.5 Å². The van der Waals surface area contributed by atoms with Gasteiger partial charge in [0.1, 0.15) is 24.2 Å². The lowest BCUT2D eigenvalue weighted by atomic mass is 10.0. The predicted molar refractivity (Wildman–Crippen MR) is 143 cm³/mol. The number of benzene rings is 3. The molecular formula is C31H39NO3. The van der Waals surface area contributed by atoms with Gasteiger partial charge in [0, 0.05) is 12.1 Å². The maximum atomic E-state index is 12.1. The highest BCUT2D eigenvalue weighted by Gasteiger charge is 2.15. The summed E-state index contributed by atoms with van der Waals surface area (Å²) in [6, 6.07) is 22.1. The van der Waals surface area contributed by atoms with Crippen molar-refractivity contribution in [3.63, 3.8) is 0 Å². The zero-order valence-corrected chi connectivity index (χ0v) is 21.6. The molecule has 1 unspecified atom stereocenters. The third-order valence-corrected chi connectivity index (χ3v) is 6.28. The van der Waals surface area contributed by atoms with Crippen molar-refractivity contribution in [1.82, 2.24) is 5.32 Å². The van der Waals surface area contributed by atoms with Crippen LogP contribution < -0.4 is 14.8 Å². The molecule has 0 heterocycles. The molecule has 1 N–H and O–H groups in total. The summed E-state index contributed by atoms with van der Waals surface area (Å²) < 4.78 is 12.4. The van der Waals surface area contributed by atoms with Crippen molar-refractivity contribution in [2.75, 3.05) is 6.54 Å². The van der Waals surface area contributed by atoms with E-state index in [1.807, 2.05) is 55.5 Å². The lowest BCUT2D eigenvalue weighted by molar-refractivity contribution is 0.0955. The number of amides is 1. The van der Waals surface area contributed by atoms with Crippen LogP contribution in [0.4, 0.5) is 0 Å². The lowest BCUT2D eigenvalue weighted by Gasteiger charge is -2.20. The van der Waals surface area contributed by atoms with E-state index in [-0.39, 0.29) is 12.0 Å². The van der Waals surface area contributed by atoms with Crippen molar-refractivity contribution in [2.45, 2.75) is 72.5 Å². The number of hydrogen-bond acceptors (Lipinski definition) is 3. The van der Waals surface area contributed by atoms with Crippen molar-refractivity contribution >= 4 is 5.91 Å². The monoisotopic (exact) mass is 473 g/mol. The zero-order chi connectivity index (χ0) is 25.0. The van der Waals surface area contributed by atoms with E-state index < -0.39 is 0 Å². The minimum Gasteiger partial charge on any atom is -0.489 e. The van der Waals surface area contributed by atoms with E-state index in [4.69, 9.17) is 9.47 Å². The maximum Gasteiger partial charge on any atom is 0.251 e. The fraction of sp³-hybridized carbons (Fsp3) is 0.387. The summed E-state index contributed by atoms with van der Waals surface area (Å²) in [6.45, 7) is 9.54. The van der Waals surface area contributed by atoms with Crippen molar-refractivity contribution in [1.29, 1.82) is 0 Å². The number of ether oxygens (including phenoxy) is 2. The third kappa shape index (κ3) is 8.17. The highest BCUT2D eigenvalue weighted by atomic mass is 16.5. The molecule has 3 aromatic carbocycles. The highest BCUT2D eigenvalue weighted by Crippen LogP contribution is 2.29. The predicted octanol–water partition coefficient (Wildman–Crippen LogP) is 7.72. The van der Waals surface area contributed by atoms with Crippen LogP contribution in [0.15, 0.2) is 66.7 Å². The molecule has 0 bridgehead atoms. The Balaban J connectivity index is 1.64. The van der Waals surface area contributed by atoms with Crippen molar-refractivity contribution < 1.29 is 14.3 Å². The number of aryl methyl sites for hydroxylation is 2. The molecule has 0 aliphatic carbocycles. The summed E-state index contributed by atoms with van der Waals surface area (Å²) >= 11 is 0. The van der Waals surface area contributed by atoms with Crippen LogP contribution in [0.1, 0.15) is 84.7 Å². The summed E-state index contributed by atoms with van der Waals surface area (Å²) in [7, 11) is 0. The van der Waals surface area contributed by atoms with Crippen LogP contribution in [-0.4, -0.2) is 12.5 Å². The Kier molecular flexibility index (Phi) is 10.2. The van der Waals surface area contributed by atoms with E-state index in [2.05, 4.69) is 44.3 Å². The minimum atomic E-state index is -0.0579. The van der Waals surface area contributed by atoms with E-state index in [9.17, 15) is 4.79 Å². The topological polar surface area (TPSA) is 47.6 Å². The molecule has 0 saturated heterocycles. The van der Waals surface area contributed by atoms with Gasteiger partial charge in [-0.3, -0.25) is 4.79 Å². The van der Waals surface area contributed by atoms with Crippen LogP contribution in [0, 0.1) is 13.8 Å². The Labute approximate surface area is 210 Å². The van der Waals surface area contributed by atoms with Crippen LogP contribution in [0.5, 0.6) is 11.5 Å². The summed E-state index contributed by atoms with van der Waals surface area (Å²) in [5.41, 5.74) is 5.49. The van der Waals surface area contributed by atoms with Gasteiger partial charge in [0.05, 0.1) is 0 Å². The number of nitrogens with one attached hydrogen (secondary N) is 1. The molecule has 0 spiro atoms. The first-order valence-electron chi connectivity index (χ1n) is 12.8. The molecule has 1 atom stereocenters. The Morgan fingerprint density at radius 3 is 2.20 bits per heavy atom. The highest BCUT2D eigenvalue weighted by molar-refractivity contribution is 5.94. The largest absolute Gasteiger partial charge is 0.489 e. The summed E-state index contributed by atoms with van der Waals surface area (Å²) in [5, 5.41) is 2.85. The smallest absolute Gasteiger partial charge is 0.251 e. The summed E-state index contributed by atoms with van der Waals surface area (Å²) in [4.78, 5) is 12.1. The van der Waals surface area contributed by atoms with Gasteiger partial charge in [-0.25, -0.2) is 0 Å². The minimum absolute atomic E-state index is 0.0455. The average Bonchev–Trinajstić information content (AvgIpc) is 2.87. The molecular weight excluding hydrogens is 434 g/mol. The molecule has 0 aliphatic heterocycles. The van der Waals surface area contributed by atoms with Gasteiger partial charge < -0.3 is 14.8 Å². The Bertz CT molecular complexity index is 1060. The van der Waals surface area contributed by atoms with Gasteiger partial charge in [-0.05, 0) is 92.3 Å². The molecule has 3 aromatic rings. The molecule has 1 amide bonds. The normalized spacial score (nSPS) is 11.7. The van der Waals surface area contributed by atoms with Crippen LogP contribution >= 0.6 is 0 Å². The first kappa shape index (κ1) is 26.3. The van der Waals surface area contributed by atoms with Crippen LogP contribution in [0.25, 0.3) is 0 Å². The SMILES string of the molecule is CCCCCCC(Oc1ccc(OCc2ccc(C)c(C)c2)cc1)c1ccc(C(=O)NCC)cc1. The van der Waals surface area contributed by atoms with E-state index in [0.717, 1.165) is 35.5 Å². The van der Waals surface area contributed by atoms with Gasteiger partial charge in [0.25, 0.3) is 5.91 Å². The van der Waals surface area contributed by atoms with Gasteiger partial charge in [0.2, 0.25) is 0 Å². The molecule has 4 heteroatoms. The number of unbranched alkanes of at least 4 members (excludes halogenated alkanes) is 3. The second-order valence-electron chi connectivity index (χ2n) is 9.12. The second-order valence-corrected chi connectivity index (χ2v) is 9.12. The zero-order valence-electron chi connectivity index (χ0n) is 21.6. The van der Waals surface area contributed by atoms with E-state index in [1.165, 1.54) is 30.4 Å². The number of carbonyl (C=O) groups is 1. The second kappa shape index (κ2) is 13.6. The maximum absolute atomic E-state index is 12.1.